The summed E-state index contributed by atoms with van der Waals surface area (Å²) in [5.41, 5.74) is 6.26. The maximum absolute atomic E-state index is 13.4. The Balaban J connectivity index is 2.11. The molecule has 104 valence electrons. The van der Waals surface area contributed by atoms with E-state index >= 15 is 0 Å². The van der Waals surface area contributed by atoms with Gasteiger partial charge in [0.25, 0.3) is 5.91 Å². The first-order valence-electron chi connectivity index (χ1n) is 5.75. The summed E-state index contributed by atoms with van der Waals surface area (Å²) in [5, 5.41) is 2.65. The van der Waals surface area contributed by atoms with E-state index in [1.807, 2.05) is 0 Å². The van der Waals surface area contributed by atoms with Crippen LogP contribution in [0, 0.1) is 11.6 Å². The molecule has 0 aromatic heterocycles. The molecule has 0 aliphatic rings. The first-order valence-corrected chi connectivity index (χ1v) is 6.13. The number of carbonyl (C=O) groups is 1. The molecule has 2 aromatic carbocycles. The number of nitrogens with two attached hydrogens (primary N) is 1. The molecule has 3 nitrogen and oxygen atoms in total. The topological polar surface area (TPSA) is 55.1 Å². The number of carbonyl (C=O) groups excluding carboxylic acids is 1. The van der Waals surface area contributed by atoms with Crippen molar-refractivity contribution in [3.05, 3.63) is 64.2 Å². The Hall–Kier alpha value is -2.14. The minimum Gasteiger partial charge on any atom is -0.398 e. The van der Waals surface area contributed by atoms with Crippen molar-refractivity contribution in [3.8, 4) is 0 Å². The molecular weight excluding hydrogens is 286 g/mol. The van der Waals surface area contributed by atoms with E-state index in [1.165, 1.54) is 12.1 Å². The molecule has 0 bridgehead atoms. The molecule has 0 aliphatic carbocycles. The Morgan fingerprint density at radius 3 is 2.70 bits per heavy atom. The number of amides is 1. The quantitative estimate of drug-likeness (QED) is 0.855. The van der Waals surface area contributed by atoms with Gasteiger partial charge in [0, 0.05) is 18.2 Å². The Morgan fingerprint density at radius 2 is 2.00 bits per heavy atom. The zero-order valence-electron chi connectivity index (χ0n) is 10.3. The van der Waals surface area contributed by atoms with Gasteiger partial charge in [-0.15, -0.1) is 0 Å². The summed E-state index contributed by atoms with van der Waals surface area (Å²) in [6.07, 6.45) is 0. The molecular formula is C14H11ClF2N2O. The predicted octanol–water partition coefficient (Wildman–Crippen LogP) is 3.13. The molecule has 0 atom stereocenters. The van der Waals surface area contributed by atoms with Crippen LogP contribution < -0.4 is 11.1 Å². The largest absolute Gasteiger partial charge is 0.398 e. The molecule has 20 heavy (non-hydrogen) atoms. The molecule has 0 spiro atoms. The van der Waals surface area contributed by atoms with Gasteiger partial charge < -0.3 is 11.1 Å². The van der Waals surface area contributed by atoms with E-state index in [0.717, 1.165) is 12.1 Å². The van der Waals surface area contributed by atoms with Crippen LogP contribution in [0.1, 0.15) is 15.9 Å². The average Bonchev–Trinajstić information content (AvgIpc) is 2.40. The third-order valence-electron chi connectivity index (χ3n) is 2.73. The Bertz CT molecular complexity index is 662. The van der Waals surface area contributed by atoms with Crippen molar-refractivity contribution in [2.24, 2.45) is 0 Å². The van der Waals surface area contributed by atoms with Crippen molar-refractivity contribution in [1.82, 2.24) is 5.32 Å². The van der Waals surface area contributed by atoms with Gasteiger partial charge in [0.1, 0.15) is 11.6 Å². The predicted molar refractivity (Wildman–Crippen MR) is 73.4 cm³/mol. The Labute approximate surface area is 119 Å². The number of nitrogen functional groups attached to an aromatic ring is 1. The molecule has 2 rings (SSSR count). The third kappa shape index (κ3) is 3.05. The lowest BCUT2D eigenvalue weighted by molar-refractivity contribution is 0.0951. The van der Waals surface area contributed by atoms with Crippen LogP contribution in [-0.2, 0) is 6.54 Å². The summed E-state index contributed by atoms with van der Waals surface area (Å²) in [7, 11) is 0. The highest BCUT2D eigenvalue weighted by Gasteiger charge is 2.12. The van der Waals surface area contributed by atoms with E-state index in [-0.39, 0.29) is 28.4 Å². The molecule has 0 unspecified atom stereocenters. The minimum absolute atomic E-state index is 0.0733. The number of rotatable bonds is 3. The first kappa shape index (κ1) is 14.3. The van der Waals surface area contributed by atoms with Gasteiger partial charge in [-0.2, -0.15) is 0 Å². The minimum atomic E-state index is -0.719. The van der Waals surface area contributed by atoms with Gasteiger partial charge in [-0.1, -0.05) is 23.7 Å². The van der Waals surface area contributed by atoms with Gasteiger partial charge in [-0.05, 0) is 18.2 Å². The van der Waals surface area contributed by atoms with Crippen LogP contribution in [0.2, 0.25) is 5.02 Å². The van der Waals surface area contributed by atoms with Crippen LogP contribution in [0.25, 0.3) is 0 Å². The normalized spacial score (nSPS) is 10.3. The van der Waals surface area contributed by atoms with Gasteiger partial charge in [-0.3, -0.25) is 4.79 Å². The SMILES string of the molecule is Nc1cccc(C(=O)NCc2ccc(F)cc2F)c1Cl. The fourth-order valence-electron chi connectivity index (χ4n) is 1.66. The van der Waals surface area contributed by atoms with Gasteiger partial charge in [0.05, 0.1) is 16.3 Å². The highest BCUT2D eigenvalue weighted by atomic mass is 35.5. The average molecular weight is 297 g/mol. The van der Waals surface area contributed by atoms with E-state index < -0.39 is 17.5 Å². The molecule has 0 fully saturated rings. The summed E-state index contributed by atoms with van der Waals surface area (Å²) >= 11 is 5.91. The highest BCUT2D eigenvalue weighted by molar-refractivity contribution is 6.36. The van der Waals surface area contributed by atoms with Crippen molar-refractivity contribution in [2.45, 2.75) is 6.54 Å². The van der Waals surface area contributed by atoms with Crippen LogP contribution in [0.15, 0.2) is 36.4 Å². The van der Waals surface area contributed by atoms with Gasteiger partial charge >= 0.3 is 0 Å². The second kappa shape index (κ2) is 5.88. The van der Waals surface area contributed by atoms with Gasteiger partial charge in [0.2, 0.25) is 0 Å². The number of benzene rings is 2. The van der Waals surface area contributed by atoms with E-state index in [2.05, 4.69) is 5.32 Å². The van der Waals surface area contributed by atoms with Crippen LogP contribution >= 0.6 is 11.6 Å². The maximum Gasteiger partial charge on any atom is 0.253 e. The summed E-state index contributed by atoms with van der Waals surface area (Å²) in [6, 6.07) is 7.82. The van der Waals surface area contributed by atoms with Crippen molar-refractivity contribution in [2.75, 3.05) is 5.73 Å². The van der Waals surface area contributed by atoms with Crippen molar-refractivity contribution in [3.63, 3.8) is 0 Å². The van der Waals surface area contributed by atoms with E-state index in [4.69, 9.17) is 17.3 Å². The third-order valence-corrected chi connectivity index (χ3v) is 3.15. The van der Waals surface area contributed by atoms with Crippen LogP contribution in [0.4, 0.5) is 14.5 Å². The highest BCUT2D eigenvalue weighted by Crippen LogP contribution is 2.23. The Kier molecular flexibility index (Phi) is 4.20. The maximum atomic E-state index is 13.4. The Morgan fingerprint density at radius 1 is 1.25 bits per heavy atom. The molecule has 0 heterocycles. The smallest absolute Gasteiger partial charge is 0.253 e. The zero-order chi connectivity index (χ0) is 14.7. The van der Waals surface area contributed by atoms with E-state index in [9.17, 15) is 13.6 Å². The monoisotopic (exact) mass is 296 g/mol. The lowest BCUT2D eigenvalue weighted by atomic mass is 10.1. The first-order chi connectivity index (χ1) is 9.49. The van der Waals surface area contributed by atoms with E-state index in [1.54, 1.807) is 12.1 Å². The fraction of sp³-hybridized carbons (Fsp3) is 0.0714. The van der Waals surface area contributed by atoms with Crippen molar-refractivity contribution < 1.29 is 13.6 Å². The fourth-order valence-corrected chi connectivity index (χ4v) is 1.87. The standard InChI is InChI=1S/C14H11ClF2N2O/c15-13-10(2-1-3-12(13)18)14(20)19-7-8-4-5-9(16)6-11(8)17/h1-6H,7,18H2,(H,19,20). The number of nitrogens with one attached hydrogen (secondary N) is 1. The summed E-state index contributed by atoms with van der Waals surface area (Å²) in [6.45, 7) is -0.0733. The summed E-state index contributed by atoms with van der Waals surface area (Å²) in [4.78, 5) is 11.9. The lowest BCUT2D eigenvalue weighted by Crippen LogP contribution is -2.23. The lowest BCUT2D eigenvalue weighted by Gasteiger charge is -2.09. The zero-order valence-corrected chi connectivity index (χ0v) is 11.0. The number of anilines is 1. The molecule has 2 aromatic rings. The van der Waals surface area contributed by atoms with Crippen molar-refractivity contribution in [1.29, 1.82) is 0 Å². The van der Waals surface area contributed by atoms with Gasteiger partial charge in [-0.25, -0.2) is 8.78 Å². The van der Waals surface area contributed by atoms with Crippen LogP contribution in [0.5, 0.6) is 0 Å². The second-order valence-electron chi connectivity index (χ2n) is 4.13. The molecule has 6 heteroatoms. The second-order valence-corrected chi connectivity index (χ2v) is 4.51. The number of halogens is 3. The summed E-state index contributed by atoms with van der Waals surface area (Å²) in [5.74, 6) is -1.87. The molecule has 0 saturated heterocycles. The van der Waals surface area contributed by atoms with E-state index in [0.29, 0.717) is 0 Å². The van der Waals surface area contributed by atoms with Gasteiger partial charge in [0.15, 0.2) is 0 Å². The molecule has 0 radical (unpaired) electrons. The van der Waals surface area contributed by atoms with Crippen molar-refractivity contribution >= 4 is 23.2 Å². The summed E-state index contributed by atoms with van der Waals surface area (Å²) < 4.78 is 26.2. The molecule has 3 N–H and O–H groups in total. The number of hydrogen-bond donors (Lipinski definition) is 2. The molecule has 1 amide bonds. The molecule has 0 saturated carbocycles. The van der Waals surface area contributed by atoms with Crippen LogP contribution in [0.3, 0.4) is 0 Å². The molecule has 0 aliphatic heterocycles. The number of hydrogen-bond acceptors (Lipinski definition) is 2. The van der Waals surface area contributed by atoms with Crippen LogP contribution in [-0.4, -0.2) is 5.91 Å².